The quantitative estimate of drug-likeness (QED) is 0.691. The van der Waals surface area contributed by atoms with Crippen molar-refractivity contribution < 1.29 is 4.74 Å². The Morgan fingerprint density at radius 2 is 1.60 bits per heavy atom. The number of thiocarbonyl (C=S) groups is 1. The Balaban J connectivity index is 1.91. The van der Waals surface area contributed by atoms with Gasteiger partial charge in [-0.05, 0) is 30.3 Å². The Labute approximate surface area is 149 Å². The van der Waals surface area contributed by atoms with Crippen molar-refractivity contribution in [3.8, 4) is 11.4 Å². The van der Waals surface area contributed by atoms with E-state index in [1.165, 1.54) is 0 Å². The summed E-state index contributed by atoms with van der Waals surface area (Å²) in [6.07, 6.45) is 1.72. The van der Waals surface area contributed by atoms with E-state index >= 15 is 0 Å². The molecule has 2 heterocycles. The van der Waals surface area contributed by atoms with Crippen LogP contribution < -0.4 is 20.9 Å². The first-order chi connectivity index (χ1) is 12.2. The maximum Gasteiger partial charge on any atom is 0.267 e. The van der Waals surface area contributed by atoms with Gasteiger partial charge in [-0.15, -0.1) is 0 Å². The van der Waals surface area contributed by atoms with Crippen molar-refractivity contribution in [3.05, 3.63) is 76.7 Å². The monoisotopic (exact) mass is 349 g/mol. The van der Waals surface area contributed by atoms with Gasteiger partial charge in [0, 0.05) is 6.20 Å². The van der Waals surface area contributed by atoms with Crippen molar-refractivity contribution in [3.63, 3.8) is 0 Å². The molecule has 0 atom stereocenters. The van der Waals surface area contributed by atoms with E-state index in [0.717, 1.165) is 11.4 Å². The summed E-state index contributed by atoms with van der Waals surface area (Å²) in [6.45, 7) is 0. The smallest absolute Gasteiger partial charge is 0.267 e. The second-order valence-corrected chi connectivity index (χ2v) is 5.98. The third-order valence-electron chi connectivity index (χ3n) is 4.11. The fourth-order valence-electron chi connectivity index (χ4n) is 2.91. The number of hydrogen-bond acceptors (Lipinski definition) is 4. The zero-order valence-corrected chi connectivity index (χ0v) is 14.3. The first-order valence-electron chi connectivity index (χ1n) is 7.75. The number of nitrogens with one attached hydrogen (secondary N) is 2. The first-order valence-corrected chi connectivity index (χ1v) is 8.16. The normalized spacial score (nSPS) is 12.3. The van der Waals surface area contributed by atoms with E-state index in [2.05, 4.69) is 10.6 Å². The van der Waals surface area contributed by atoms with Gasteiger partial charge in [-0.25, -0.2) is 0 Å². The molecule has 0 amide bonds. The highest BCUT2D eigenvalue weighted by Gasteiger charge is 2.21. The molecule has 5 nitrogen and oxygen atoms in total. The lowest BCUT2D eigenvalue weighted by Crippen LogP contribution is -2.27. The number of benzene rings is 2. The number of para-hydroxylation sites is 4. The molecule has 0 radical (unpaired) electrons. The van der Waals surface area contributed by atoms with Gasteiger partial charge in [0.25, 0.3) is 5.56 Å². The van der Waals surface area contributed by atoms with Crippen molar-refractivity contribution in [1.82, 2.24) is 4.57 Å². The molecule has 0 saturated carbocycles. The minimum absolute atomic E-state index is 0.209. The molecule has 25 heavy (non-hydrogen) atoms. The molecule has 2 N–H and O–H groups in total. The summed E-state index contributed by atoms with van der Waals surface area (Å²) >= 11 is 5.49. The number of rotatable bonds is 2. The van der Waals surface area contributed by atoms with Gasteiger partial charge in [-0.1, -0.05) is 36.5 Å². The molecule has 2 aromatic carbocycles. The molecule has 1 aromatic heterocycles. The number of hydrogen-bond donors (Lipinski definition) is 2. The molecule has 124 valence electrons. The van der Waals surface area contributed by atoms with Crippen LogP contribution in [0.4, 0.5) is 17.1 Å². The van der Waals surface area contributed by atoms with Crippen LogP contribution in [0.3, 0.4) is 0 Å². The summed E-state index contributed by atoms with van der Waals surface area (Å²) in [4.78, 5) is 13.5. The van der Waals surface area contributed by atoms with Gasteiger partial charge in [0.1, 0.15) is 10.7 Å². The van der Waals surface area contributed by atoms with Crippen molar-refractivity contribution in [2.45, 2.75) is 0 Å². The lowest BCUT2D eigenvalue weighted by atomic mass is 10.2. The molecule has 0 unspecified atom stereocenters. The summed E-state index contributed by atoms with van der Waals surface area (Å²) in [5, 5.41) is 6.44. The molecule has 1 aliphatic heterocycles. The standard InChI is InChI=1S/C19H15N3O2S/c1-24-16-9-5-4-8-15(16)22-11-10-14-17(19(22)23)18(25)21-13-7-3-2-6-12(13)20-14/h2-11,20H,1H3,(H,21,25). The van der Waals surface area contributed by atoms with Gasteiger partial charge in [-0.3, -0.25) is 9.36 Å². The van der Waals surface area contributed by atoms with Gasteiger partial charge in [0.15, 0.2) is 0 Å². The van der Waals surface area contributed by atoms with Crippen LogP contribution in [0, 0.1) is 0 Å². The molecular weight excluding hydrogens is 334 g/mol. The third-order valence-corrected chi connectivity index (χ3v) is 4.41. The molecular formula is C19H15N3O2S. The molecule has 0 fully saturated rings. The SMILES string of the molecule is COc1ccccc1-n1ccc2c(c1=O)C(=S)Nc1ccccc1N2. The van der Waals surface area contributed by atoms with E-state index < -0.39 is 0 Å². The largest absolute Gasteiger partial charge is 0.495 e. The van der Waals surface area contributed by atoms with Crippen LogP contribution in [0.2, 0.25) is 0 Å². The van der Waals surface area contributed by atoms with Gasteiger partial charge >= 0.3 is 0 Å². The molecule has 1 aliphatic rings. The average molecular weight is 349 g/mol. The average Bonchev–Trinajstić information content (AvgIpc) is 2.78. The molecule has 6 heteroatoms. The highest BCUT2D eigenvalue weighted by molar-refractivity contribution is 7.81. The lowest BCUT2D eigenvalue weighted by Gasteiger charge is -2.14. The van der Waals surface area contributed by atoms with E-state index in [4.69, 9.17) is 17.0 Å². The van der Waals surface area contributed by atoms with Gasteiger partial charge in [-0.2, -0.15) is 0 Å². The summed E-state index contributed by atoms with van der Waals surface area (Å²) in [6, 6.07) is 16.9. The zero-order valence-electron chi connectivity index (χ0n) is 13.4. The van der Waals surface area contributed by atoms with E-state index in [1.807, 2.05) is 54.6 Å². The van der Waals surface area contributed by atoms with Crippen molar-refractivity contribution in [1.29, 1.82) is 0 Å². The number of pyridine rings is 1. The van der Waals surface area contributed by atoms with Crippen LogP contribution in [-0.2, 0) is 0 Å². The maximum absolute atomic E-state index is 13.1. The second-order valence-electron chi connectivity index (χ2n) is 5.58. The third kappa shape index (κ3) is 2.56. The number of fused-ring (bicyclic) bond motifs is 2. The van der Waals surface area contributed by atoms with Crippen LogP contribution in [0.25, 0.3) is 5.69 Å². The molecule has 0 aliphatic carbocycles. The number of methoxy groups -OCH3 is 1. The first kappa shape index (κ1) is 15.4. The fraction of sp³-hybridized carbons (Fsp3) is 0.0526. The predicted octanol–water partition coefficient (Wildman–Crippen LogP) is 3.69. The minimum atomic E-state index is -0.209. The van der Waals surface area contributed by atoms with Crippen molar-refractivity contribution in [2.24, 2.45) is 0 Å². The molecule has 0 saturated heterocycles. The van der Waals surface area contributed by atoms with Gasteiger partial charge < -0.3 is 15.4 Å². The molecule has 4 rings (SSSR count). The molecule has 0 spiro atoms. The Kier molecular flexibility index (Phi) is 3.74. The zero-order chi connectivity index (χ0) is 17.4. The summed E-state index contributed by atoms with van der Waals surface area (Å²) in [5.74, 6) is 0.619. The maximum atomic E-state index is 13.1. The summed E-state index contributed by atoms with van der Waals surface area (Å²) in [7, 11) is 1.58. The fourth-order valence-corrected chi connectivity index (χ4v) is 3.22. The van der Waals surface area contributed by atoms with E-state index in [9.17, 15) is 4.79 Å². The van der Waals surface area contributed by atoms with Crippen LogP contribution in [0.1, 0.15) is 5.56 Å². The minimum Gasteiger partial charge on any atom is -0.495 e. The van der Waals surface area contributed by atoms with Crippen LogP contribution in [0.5, 0.6) is 5.75 Å². The van der Waals surface area contributed by atoms with E-state index in [0.29, 0.717) is 27.7 Å². The second kappa shape index (κ2) is 6.07. The molecule has 0 bridgehead atoms. The summed E-state index contributed by atoms with van der Waals surface area (Å²) < 4.78 is 6.92. The summed E-state index contributed by atoms with van der Waals surface area (Å²) in [5.41, 5.74) is 3.28. The van der Waals surface area contributed by atoms with Crippen molar-refractivity contribution >= 4 is 34.3 Å². The lowest BCUT2D eigenvalue weighted by molar-refractivity contribution is 0.412. The van der Waals surface area contributed by atoms with E-state index in [-0.39, 0.29) is 5.56 Å². The topological polar surface area (TPSA) is 55.3 Å². The van der Waals surface area contributed by atoms with Gasteiger partial charge in [0.05, 0.1) is 35.4 Å². The number of ether oxygens (including phenoxy) is 1. The number of nitrogens with zero attached hydrogens (tertiary/aromatic N) is 1. The van der Waals surface area contributed by atoms with Gasteiger partial charge in [0.2, 0.25) is 0 Å². The van der Waals surface area contributed by atoms with E-state index in [1.54, 1.807) is 17.9 Å². The van der Waals surface area contributed by atoms with Crippen molar-refractivity contribution in [2.75, 3.05) is 17.7 Å². The Morgan fingerprint density at radius 3 is 2.36 bits per heavy atom. The van der Waals surface area contributed by atoms with Crippen LogP contribution >= 0.6 is 12.2 Å². The highest BCUT2D eigenvalue weighted by atomic mass is 32.1. The Hall–Kier alpha value is -3.12. The number of aromatic nitrogens is 1. The Bertz CT molecular complexity index is 1040. The Morgan fingerprint density at radius 1 is 0.920 bits per heavy atom. The predicted molar refractivity (Wildman–Crippen MR) is 104 cm³/mol. The van der Waals surface area contributed by atoms with Crippen LogP contribution in [0.15, 0.2) is 65.6 Å². The highest BCUT2D eigenvalue weighted by Crippen LogP contribution is 2.31. The van der Waals surface area contributed by atoms with Crippen LogP contribution in [-0.4, -0.2) is 16.7 Å². The molecule has 3 aromatic rings. The number of anilines is 3.